The van der Waals surface area contributed by atoms with E-state index in [2.05, 4.69) is 0 Å². The lowest BCUT2D eigenvalue weighted by Gasteiger charge is -2.42. The largest absolute Gasteiger partial charge is 0.533 e. The molecule has 194 valence electrons. The Morgan fingerprint density at radius 1 is 1.03 bits per heavy atom. The van der Waals surface area contributed by atoms with Crippen molar-refractivity contribution in [3.8, 4) is 0 Å². The van der Waals surface area contributed by atoms with Crippen LogP contribution in [0, 0.1) is 13.8 Å². The van der Waals surface area contributed by atoms with Gasteiger partial charge < -0.3 is 23.9 Å². The number of amides is 1. The number of ether oxygens (including phenoxy) is 3. The molecule has 0 N–H and O–H groups in total. The molecule has 0 unspecified atom stereocenters. The van der Waals surface area contributed by atoms with Gasteiger partial charge in [0.1, 0.15) is 5.54 Å². The number of hydrogen-bond acceptors (Lipinski definition) is 9. The van der Waals surface area contributed by atoms with E-state index in [0.717, 1.165) is 5.06 Å². The van der Waals surface area contributed by atoms with Crippen molar-refractivity contribution in [1.29, 1.82) is 0 Å². The topological polar surface area (TPSA) is 104 Å². The third-order valence-corrected chi connectivity index (χ3v) is 6.09. The molecule has 0 bridgehead atoms. The van der Waals surface area contributed by atoms with E-state index in [4.69, 9.17) is 35.5 Å². The van der Waals surface area contributed by atoms with Crippen LogP contribution in [0.4, 0.5) is 9.59 Å². The highest BCUT2D eigenvalue weighted by molar-refractivity contribution is 6.31. The zero-order chi connectivity index (χ0) is 25.0. The second-order valence-electron chi connectivity index (χ2n) is 7.92. The highest BCUT2D eigenvalue weighted by atomic mass is 35.5. The standard InChI is InChI=1S/C23H29ClN2O8.CH4/c1-6-31-21(28)33-19-18(17-14(3)12-16(24)13-15(17)4)20(27)26(34-22(29)32-7-2)23(19)8-10-25(30-5)11-9-23;/h12-13H,6-11H2,1-5H3;1H4. The van der Waals surface area contributed by atoms with Gasteiger partial charge in [0.25, 0.3) is 5.91 Å². The average molecular weight is 513 g/mol. The van der Waals surface area contributed by atoms with Crippen LogP contribution in [0.2, 0.25) is 5.02 Å². The van der Waals surface area contributed by atoms with Crippen molar-refractivity contribution in [2.45, 2.75) is 53.5 Å². The monoisotopic (exact) mass is 512 g/mol. The first-order valence-corrected chi connectivity index (χ1v) is 11.4. The lowest BCUT2D eigenvalue weighted by Crippen LogP contribution is -2.55. The lowest BCUT2D eigenvalue weighted by molar-refractivity contribution is -0.216. The lowest BCUT2D eigenvalue weighted by atomic mass is 9.85. The number of nitrogens with zero attached hydrogens (tertiary/aromatic N) is 2. The van der Waals surface area contributed by atoms with Crippen LogP contribution in [0.3, 0.4) is 0 Å². The summed E-state index contributed by atoms with van der Waals surface area (Å²) in [6.45, 7) is 7.78. The molecule has 0 atom stereocenters. The number of carbonyl (C=O) groups excluding carboxylic acids is 3. The molecule has 1 fully saturated rings. The fourth-order valence-corrected chi connectivity index (χ4v) is 4.76. The molecule has 2 aliphatic rings. The first-order valence-electron chi connectivity index (χ1n) is 11.0. The smallest absolute Gasteiger partial charge is 0.434 e. The van der Waals surface area contributed by atoms with E-state index in [0.29, 0.717) is 34.8 Å². The third kappa shape index (κ3) is 5.55. The number of halogens is 1. The summed E-state index contributed by atoms with van der Waals surface area (Å²) in [4.78, 5) is 49.4. The third-order valence-electron chi connectivity index (χ3n) is 5.87. The maximum Gasteiger partial charge on any atom is 0.533 e. The molecule has 2 aliphatic heterocycles. The summed E-state index contributed by atoms with van der Waals surface area (Å²) in [6.07, 6.45) is -1.48. The first-order chi connectivity index (χ1) is 16.2. The summed E-state index contributed by atoms with van der Waals surface area (Å²) >= 11 is 6.21. The van der Waals surface area contributed by atoms with Crippen LogP contribution in [0.5, 0.6) is 0 Å². The van der Waals surface area contributed by atoms with E-state index in [1.807, 2.05) is 0 Å². The summed E-state index contributed by atoms with van der Waals surface area (Å²) in [5.41, 5.74) is 0.771. The molecule has 0 radical (unpaired) electrons. The van der Waals surface area contributed by atoms with E-state index < -0.39 is 23.8 Å². The van der Waals surface area contributed by atoms with E-state index in [9.17, 15) is 14.4 Å². The van der Waals surface area contributed by atoms with Crippen LogP contribution in [-0.2, 0) is 28.7 Å². The summed E-state index contributed by atoms with van der Waals surface area (Å²) in [5, 5.41) is 3.17. The van der Waals surface area contributed by atoms with Gasteiger partial charge in [0.05, 0.1) is 25.9 Å². The van der Waals surface area contributed by atoms with E-state index >= 15 is 0 Å². The Bertz CT molecular complexity index is 978. The molecule has 1 amide bonds. The Kier molecular flexibility index (Phi) is 9.53. The SMILES string of the molecule is C.CCOC(=O)OC1=C(c2c(C)cc(Cl)cc2C)C(=O)N(OC(=O)OCC)C12CCN(OC)CC2. The number of carbonyl (C=O) groups is 3. The van der Waals surface area contributed by atoms with E-state index in [1.165, 1.54) is 0 Å². The minimum atomic E-state index is -1.26. The first kappa shape index (κ1) is 28.4. The van der Waals surface area contributed by atoms with Crippen molar-refractivity contribution in [2.24, 2.45) is 0 Å². The van der Waals surface area contributed by atoms with Gasteiger partial charge >= 0.3 is 12.3 Å². The second-order valence-corrected chi connectivity index (χ2v) is 8.36. The molecule has 0 saturated carbocycles. The van der Waals surface area contributed by atoms with Gasteiger partial charge in [-0.3, -0.25) is 4.79 Å². The number of piperidine rings is 1. The molecule has 3 rings (SSSR count). The quantitative estimate of drug-likeness (QED) is 0.497. The molecule has 1 saturated heterocycles. The van der Waals surface area contributed by atoms with Crippen molar-refractivity contribution in [3.05, 3.63) is 39.6 Å². The highest BCUT2D eigenvalue weighted by Crippen LogP contribution is 2.48. The number of benzene rings is 1. The Morgan fingerprint density at radius 2 is 1.57 bits per heavy atom. The molecular weight excluding hydrogens is 480 g/mol. The molecule has 1 aromatic rings. The zero-order valence-electron chi connectivity index (χ0n) is 19.9. The predicted octanol–water partition coefficient (Wildman–Crippen LogP) is 4.80. The van der Waals surface area contributed by atoms with Gasteiger partial charge in [0, 0.05) is 18.1 Å². The maximum absolute atomic E-state index is 13.8. The fourth-order valence-electron chi connectivity index (χ4n) is 4.44. The molecule has 0 aliphatic carbocycles. The van der Waals surface area contributed by atoms with Crippen LogP contribution >= 0.6 is 11.6 Å². The molecule has 10 nitrogen and oxygen atoms in total. The van der Waals surface area contributed by atoms with Crippen molar-refractivity contribution in [2.75, 3.05) is 33.4 Å². The van der Waals surface area contributed by atoms with Gasteiger partial charge in [-0.1, -0.05) is 19.0 Å². The fraction of sp³-hybridized carbons (Fsp3) is 0.542. The minimum absolute atomic E-state index is 0. The number of hydroxylamine groups is 4. The van der Waals surface area contributed by atoms with Gasteiger partial charge in [-0.2, -0.15) is 10.1 Å². The Labute approximate surface area is 210 Å². The Balaban J connectivity index is 0.00000432. The summed E-state index contributed by atoms with van der Waals surface area (Å²) < 4.78 is 15.6. The van der Waals surface area contributed by atoms with Crippen LogP contribution < -0.4 is 0 Å². The molecular formula is C24H33ClN2O8. The van der Waals surface area contributed by atoms with E-state index in [-0.39, 0.29) is 44.8 Å². The van der Waals surface area contributed by atoms with Gasteiger partial charge in [-0.15, -0.1) is 0 Å². The summed E-state index contributed by atoms with van der Waals surface area (Å²) in [7, 11) is 1.54. The Hall–Kier alpha value is -2.82. The van der Waals surface area contributed by atoms with Gasteiger partial charge in [0.2, 0.25) is 0 Å². The van der Waals surface area contributed by atoms with Crippen LogP contribution in [0.25, 0.3) is 5.57 Å². The molecule has 2 heterocycles. The maximum atomic E-state index is 13.8. The van der Waals surface area contributed by atoms with Gasteiger partial charge in [-0.05, 0) is 69.4 Å². The van der Waals surface area contributed by atoms with E-state index in [1.54, 1.807) is 52.0 Å². The molecule has 0 aromatic heterocycles. The van der Waals surface area contributed by atoms with Crippen LogP contribution in [0.1, 0.15) is 50.8 Å². The summed E-state index contributed by atoms with van der Waals surface area (Å²) in [6, 6.07) is 3.42. The molecule has 1 spiro atoms. The minimum Gasteiger partial charge on any atom is -0.434 e. The molecule has 11 heteroatoms. The number of hydrogen-bond donors (Lipinski definition) is 0. The highest BCUT2D eigenvalue weighted by Gasteiger charge is 2.58. The second kappa shape index (κ2) is 11.7. The van der Waals surface area contributed by atoms with Crippen LogP contribution in [0.15, 0.2) is 17.9 Å². The van der Waals surface area contributed by atoms with Crippen molar-refractivity contribution in [1.82, 2.24) is 10.1 Å². The number of aryl methyl sites for hydroxylation is 2. The van der Waals surface area contributed by atoms with Gasteiger partial charge in [0.15, 0.2) is 5.76 Å². The normalized spacial score (nSPS) is 17.3. The van der Waals surface area contributed by atoms with Crippen molar-refractivity contribution in [3.63, 3.8) is 0 Å². The number of rotatable bonds is 6. The zero-order valence-corrected chi connectivity index (χ0v) is 20.7. The van der Waals surface area contributed by atoms with Crippen LogP contribution in [-0.4, -0.2) is 67.3 Å². The van der Waals surface area contributed by atoms with Gasteiger partial charge in [-0.25, -0.2) is 9.59 Å². The predicted molar refractivity (Wildman–Crippen MR) is 128 cm³/mol. The summed E-state index contributed by atoms with van der Waals surface area (Å²) in [5.74, 6) is -0.573. The van der Waals surface area contributed by atoms with Crippen molar-refractivity contribution < 1.29 is 38.3 Å². The van der Waals surface area contributed by atoms with Crippen molar-refractivity contribution >= 4 is 35.4 Å². The molecule has 35 heavy (non-hydrogen) atoms. The Morgan fingerprint density at radius 3 is 2.09 bits per heavy atom. The molecule has 1 aromatic carbocycles. The average Bonchev–Trinajstić information content (AvgIpc) is 2.97.